The Balaban J connectivity index is 2.30. The van der Waals surface area contributed by atoms with Gasteiger partial charge in [-0.15, -0.1) is 0 Å². The van der Waals surface area contributed by atoms with Crippen LogP contribution in [0.15, 0.2) is 51.8 Å². The van der Waals surface area contributed by atoms with Crippen LogP contribution in [-0.2, 0) is 16.6 Å². The smallest absolute Gasteiger partial charge is 0.258 e. The first kappa shape index (κ1) is 14.8. The molecule has 0 radical (unpaired) electrons. The maximum atomic E-state index is 13.1. The van der Waals surface area contributed by atoms with Crippen molar-refractivity contribution in [3.8, 4) is 0 Å². The van der Waals surface area contributed by atoms with E-state index in [1.807, 2.05) is 0 Å². The molecule has 4 nitrogen and oxygen atoms in total. The van der Waals surface area contributed by atoms with E-state index in [9.17, 15) is 18.7 Å². The highest BCUT2D eigenvalue weighted by atomic mass is 79.9. The Bertz CT molecular complexity index is 693. The third-order valence-corrected chi connectivity index (χ3v) is 4.44. The van der Waals surface area contributed by atoms with Crippen molar-refractivity contribution in [2.75, 3.05) is 0 Å². The molecule has 104 valence electrons. The number of hydrogen-bond acceptors (Lipinski definition) is 3. The van der Waals surface area contributed by atoms with E-state index < -0.39 is 21.5 Å². The molecule has 2 rings (SSSR count). The third kappa shape index (κ3) is 3.49. The van der Waals surface area contributed by atoms with Crippen molar-refractivity contribution in [1.82, 2.24) is 0 Å². The summed E-state index contributed by atoms with van der Waals surface area (Å²) in [5, 5.41) is 11.0. The van der Waals surface area contributed by atoms with Gasteiger partial charge >= 0.3 is 0 Å². The zero-order valence-electron chi connectivity index (χ0n) is 10.1. The summed E-state index contributed by atoms with van der Waals surface area (Å²) in [5.74, 6) is -0.520. The predicted octanol–water partition coefficient (Wildman–Crippen LogP) is 3.80. The van der Waals surface area contributed by atoms with Gasteiger partial charge in [0.05, 0.1) is 21.5 Å². The van der Waals surface area contributed by atoms with Gasteiger partial charge < -0.3 is 0 Å². The molecule has 0 saturated heterocycles. The first-order chi connectivity index (χ1) is 9.47. The molecule has 0 spiro atoms. The summed E-state index contributed by atoms with van der Waals surface area (Å²) in [6.45, 7) is 0. The molecule has 0 heterocycles. The maximum absolute atomic E-state index is 13.1. The van der Waals surface area contributed by atoms with Crippen LogP contribution in [-0.4, -0.2) is 9.13 Å². The van der Waals surface area contributed by atoms with Gasteiger partial charge in [0.15, 0.2) is 0 Å². The topological polar surface area (TPSA) is 60.2 Å². The van der Waals surface area contributed by atoms with Crippen LogP contribution in [0.3, 0.4) is 0 Å². The van der Waals surface area contributed by atoms with Gasteiger partial charge in [0, 0.05) is 21.0 Å². The predicted molar refractivity (Wildman–Crippen MR) is 77.3 cm³/mol. The van der Waals surface area contributed by atoms with Gasteiger partial charge in [-0.1, -0.05) is 28.1 Å². The SMILES string of the molecule is O=[N+]([O-])c1cc(Br)ccc1CS(=O)c1cccc(F)c1. The Labute approximate surface area is 125 Å². The molecule has 0 aliphatic heterocycles. The van der Waals surface area contributed by atoms with Gasteiger partial charge in [-0.2, -0.15) is 0 Å². The van der Waals surface area contributed by atoms with E-state index in [-0.39, 0.29) is 11.4 Å². The summed E-state index contributed by atoms with van der Waals surface area (Å²) in [5.41, 5.74) is 0.241. The number of hydrogen-bond donors (Lipinski definition) is 0. The van der Waals surface area contributed by atoms with E-state index in [2.05, 4.69) is 15.9 Å². The van der Waals surface area contributed by atoms with Crippen LogP contribution in [0.5, 0.6) is 0 Å². The zero-order chi connectivity index (χ0) is 14.7. The van der Waals surface area contributed by atoms with Crippen LogP contribution in [0.25, 0.3) is 0 Å². The summed E-state index contributed by atoms with van der Waals surface area (Å²) in [7, 11) is -1.54. The van der Waals surface area contributed by atoms with E-state index in [1.54, 1.807) is 12.1 Å². The molecule has 0 saturated carbocycles. The Kier molecular flexibility index (Phi) is 4.61. The van der Waals surface area contributed by atoms with Crippen molar-refractivity contribution in [3.05, 3.63) is 68.4 Å². The number of halogens is 2. The molecule has 0 aliphatic carbocycles. The lowest BCUT2D eigenvalue weighted by molar-refractivity contribution is -0.385. The van der Waals surface area contributed by atoms with Gasteiger partial charge in [0.25, 0.3) is 5.69 Å². The lowest BCUT2D eigenvalue weighted by Gasteiger charge is -2.04. The van der Waals surface area contributed by atoms with Crippen molar-refractivity contribution < 1.29 is 13.5 Å². The van der Waals surface area contributed by atoms with E-state index in [0.29, 0.717) is 14.9 Å². The lowest BCUT2D eigenvalue weighted by atomic mass is 10.2. The molecule has 0 aromatic heterocycles. The molecule has 1 atom stereocenters. The standard InChI is InChI=1S/C13H9BrFNO3S/c14-10-5-4-9(13(6-10)16(17)18)8-20(19)12-3-1-2-11(15)7-12/h1-7H,8H2. The van der Waals surface area contributed by atoms with Crippen LogP contribution in [0.4, 0.5) is 10.1 Å². The molecule has 7 heteroatoms. The molecule has 0 bridgehead atoms. The molecule has 0 aliphatic rings. The van der Waals surface area contributed by atoms with Gasteiger partial charge in [-0.25, -0.2) is 4.39 Å². The molecule has 0 N–H and O–H groups in total. The fraction of sp³-hybridized carbons (Fsp3) is 0.0769. The summed E-state index contributed by atoms with van der Waals surface area (Å²) in [6, 6.07) is 9.95. The van der Waals surface area contributed by atoms with Crippen molar-refractivity contribution in [2.24, 2.45) is 0 Å². The molecular weight excluding hydrogens is 349 g/mol. The van der Waals surface area contributed by atoms with Crippen LogP contribution < -0.4 is 0 Å². The first-order valence-corrected chi connectivity index (χ1v) is 7.65. The lowest BCUT2D eigenvalue weighted by Crippen LogP contribution is -2.01. The van der Waals surface area contributed by atoms with Crippen molar-refractivity contribution in [2.45, 2.75) is 10.6 Å². The quantitative estimate of drug-likeness (QED) is 0.617. The van der Waals surface area contributed by atoms with E-state index >= 15 is 0 Å². The molecule has 20 heavy (non-hydrogen) atoms. The number of rotatable bonds is 4. The van der Waals surface area contributed by atoms with Crippen molar-refractivity contribution in [3.63, 3.8) is 0 Å². The minimum atomic E-state index is -1.54. The summed E-state index contributed by atoms with van der Waals surface area (Å²) >= 11 is 3.16. The van der Waals surface area contributed by atoms with Gasteiger partial charge in [0.1, 0.15) is 5.82 Å². The average Bonchev–Trinajstić information content (AvgIpc) is 2.40. The minimum absolute atomic E-state index is 0.0347. The summed E-state index contributed by atoms with van der Waals surface area (Å²) in [4.78, 5) is 10.8. The second-order valence-corrected chi connectivity index (χ2v) is 6.34. The van der Waals surface area contributed by atoms with Gasteiger partial charge in [-0.05, 0) is 24.3 Å². The molecule has 1 unspecified atom stereocenters. The number of nitro groups is 1. The first-order valence-electron chi connectivity index (χ1n) is 5.54. The Morgan fingerprint density at radius 1 is 1.25 bits per heavy atom. The highest BCUT2D eigenvalue weighted by molar-refractivity contribution is 9.10. The minimum Gasteiger partial charge on any atom is -0.258 e. The van der Waals surface area contributed by atoms with Crippen LogP contribution in [0.1, 0.15) is 5.56 Å². The zero-order valence-corrected chi connectivity index (χ0v) is 12.5. The summed E-state index contributed by atoms with van der Waals surface area (Å²) < 4.78 is 25.8. The highest BCUT2D eigenvalue weighted by Gasteiger charge is 2.17. The fourth-order valence-corrected chi connectivity index (χ4v) is 3.18. The van der Waals surface area contributed by atoms with E-state index in [1.165, 1.54) is 30.3 Å². The molecule has 0 fully saturated rings. The number of nitro benzene ring substituents is 1. The normalized spacial score (nSPS) is 12.1. The van der Waals surface area contributed by atoms with Crippen LogP contribution in [0, 0.1) is 15.9 Å². The molecular formula is C13H9BrFNO3S. The Morgan fingerprint density at radius 2 is 2.00 bits per heavy atom. The Morgan fingerprint density at radius 3 is 2.65 bits per heavy atom. The van der Waals surface area contributed by atoms with Gasteiger partial charge in [0.2, 0.25) is 0 Å². The molecule has 0 amide bonds. The van der Waals surface area contributed by atoms with E-state index in [0.717, 1.165) is 0 Å². The molecule has 2 aromatic rings. The van der Waals surface area contributed by atoms with Crippen molar-refractivity contribution >= 4 is 32.4 Å². The third-order valence-electron chi connectivity index (χ3n) is 2.59. The molecule has 2 aromatic carbocycles. The second kappa shape index (κ2) is 6.23. The van der Waals surface area contributed by atoms with Crippen LogP contribution in [0.2, 0.25) is 0 Å². The highest BCUT2D eigenvalue weighted by Crippen LogP contribution is 2.26. The summed E-state index contributed by atoms with van der Waals surface area (Å²) in [6.07, 6.45) is 0. The number of benzene rings is 2. The van der Waals surface area contributed by atoms with Crippen molar-refractivity contribution in [1.29, 1.82) is 0 Å². The average molecular weight is 358 g/mol. The monoisotopic (exact) mass is 357 g/mol. The second-order valence-electron chi connectivity index (χ2n) is 3.98. The fourth-order valence-electron chi connectivity index (χ4n) is 1.66. The van der Waals surface area contributed by atoms with Crippen LogP contribution >= 0.6 is 15.9 Å². The Hall–Kier alpha value is -1.60. The largest absolute Gasteiger partial charge is 0.274 e. The van der Waals surface area contributed by atoms with E-state index in [4.69, 9.17) is 0 Å². The number of nitrogens with zero attached hydrogens (tertiary/aromatic N) is 1. The van der Waals surface area contributed by atoms with Gasteiger partial charge in [-0.3, -0.25) is 14.3 Å². The maximum Gasteiger partial charge on any atom is 0.274 e.